The Morgan fingerprint density at radius 3 is 2.72 bits per heavy atom. The van der Waals surface area contributed by atoms with Crippen molar-refractivity contribution in [3.63, 3.8) is 0 Å². The first-order chi connectivity index (χ1) is 8.68. The SMILES string of the molecule is CC(C)C(N)c1cncn1CCCn1ccnc1. The molecule has 98 valence electrons. The first kappa shape index (κ1) is 12.8. The van der Waals surface area contributed by atoms with Crippen LogP contribution >= 0.6 is 0 Å². The van der Waals surface area contributed by atoms with Gasteiger partial charge in [-0.25, -0.2) is 9.97 Å². The normalized spacial score (nSPS) is 13.1. The van der Waals surface area contributed by atoms with Gasteiger partial charge in [0.15, 0.2) is 0 Å². The van der Waals surface area contributed by atoms with Crippen molar-refractivity contribution < 1.29 is 0 Å². The smallest absolute Gasteiger partial charge is 0.0948 e. The van der Waals surface area contributed by atoms with E-state index in [9.17, 15) is 0 Å². The average molecular weight is 247 g/mol. The number of aryl methyl sites for hydroxylation is 2. The van der Waals surface area contributed by atoms with Crippen molar-refractivity contribution in [2.45, 2.75) is 39.4 Å². The molecule has 0 bridgehead atoms. The van der Waals surface area contributed by atoms with E-state index >= 15 is 0 Å². The van der Waals surface area contributed by atoms with Crippen LogP contribution in [0.15, 0.2) is 31.2 Å². The summed E-state index contributed by atoms with van der Waals surface area (Å²) in [6, 6.07) is 0.0562. The third-order valence-corrected chi connectivity index (χ3v) is 3.18. The van der Waals surface area contributed by atoms with Gasteiger partial charge in [-0.3, -0.25) is 0 Å². The third-order valence-electron chi connectivity index (χ3n) is 3.18. The Hall–Kier alpha value is -1.62. The van der Waals surface area contributed by atoms with Gasteiger partial charge in [0.25, 0.3) is 0 Å². The van der Waals surface area contributed by atoms with Crippen LogP contribution in [-0.4, -0.2) is 19.1 Å². The molecule has 0 aromatic carbocycles. The Bertz CT molecular complexity index is 457. The fourth-order valence-corrected chi connectivity index (χ4v) is 1.98. The molecule has 0 amide bonds. The largest absolute Gasteiger partial charge is 0.337 e. The zero-order chi connectivity index (χ0) is 13.0. The minimum absolute atomic E-state index is 0.0562. The van der Waals surface area contributed by atoms with Crippen LogP contribution in [0.1, 0.15) is 32.0 Å². The second-order valence-corrected chi connectivity index (χ2v) is 4.94. The maximum absolute atomic E-state index is 6.17. The molecule has 0 saturated carbocycles. The monoisotopic (exact) mass is 247 g/mol. The lowest BCUT2D eigenvalue weighted by Crippen LogP contribution is -2.20. The molecule has 0 aliphatic carbocycles. The van der Waals surface area contributed by atoms with Crippen LogP contribution in [0, 0.1) is 5.92 Å². The van der Waals surface area contributed by atoms with E-state index in [-0.39, 0.29) is 6.04 Å². The minimum atomic E-state index is 0.0562. The van der Waals surface area contributed by atoms with Crippen molar-refractivity contribution in [1.29, 1.82) is 0 Å². The molecule has 0 saturated heterocycles. The molecule has 2 aromatic heterocycles. The number of hydrogen-bond donors (Lipinski definition) is 1. The standard InChI is InChI=1S/C13H21N5/c1-11(2)13(14)12-8-16-10-18(12)6-3-5-17-7-4-15-9-17/h4,7-11,13H,3,5-6,14H2,1-2H3. The number of hydrogen-bond acceptors (Lipinski definition) is 3. The van der Waals surface area contributed by atoms with E-state index in [0.717, 1.165) is 25.2 Å². The lowest BCUT2D eigenvalue weighted by atomic mass is 10.0. The number of imidazole rings is 2. The molecule has 0 aliphatic heterocycles. The van der Waals surface area contributed by atoms with Crippen molar-refractivity contribution in [3.8, 4) is 0 Å². The number of rotatable bonds is 6. The molecule has 5 nitrogen and oxygen atoms in total. The summed E-state index contributed by atoms with van der Waals surface area (Å²) in [5.41, 5.74) is 7.29. The molecule has 2 N–H and O–H groups in total. The van der Waals surface area contributed by atoms with Crippen LogP contribution in [0.3, 0.4) is 0 Å². The van der Waals surface area contributed by atoms with Gasteiger partial charge in [0.1, 0.15) is 0 Å². The van der Waals surface area contributed by atoms with E-state index in [4.69, 9.17) is 5.73 Å². The Labute approximate surface area is 108 Å². The van der Waals surface area contributed by atoms with Gasteiger partial charge >= 0.3 is 0 Å². The van der Waals surface area contributed by atoms with Gasteiger partial charge in [-0.15, -0.1) is 0 Å². The van der Waals surface area contributed by atoms with E-state index in [2.05, 4.69) is 32.9 Å². The zero-order valence-electron chi connectivity index (χ0n) is 11.0. The second-order valence-electron chi connectivity index (χ2n) is 4.94. The summed E-state index contributed by atoms with van der Waals surface area (Å²) in [5.74, 6) is 0.425. The molecule has 0 aliphatic rings. The van der Waals surface area contributed by atoms with E-state index in [0.29, 0.717) is 5.92 Å². The van der Waals surface area contributed by atoms with Gasteiger partial charge in [-0.1, -0.05) is 13.8 Å². The summed E-state index contributed by atoms with van der Waals surface area (Å²) in [4.78, 5) is 8.24. The van der Waals surface area contributed by atoms with Crippen molar-refractivity contribution in [2.24, 2.45) is 11.7 Å². The Balaban J connectivity index is 1.91. The lowest BCUT2D eigenvalue weighted by Gasteiger charge is -2.17. The van der Waals surface area contributed by atoms with Gasteiger partial charge in [0, 0.05) is 37.7 Å². The summed E-state index contributed by atoms with van der Waals surface area (Å²) < 4.78 is 4.24. The molecular weight excluding hydrogens is 226 g/mol. The van der Waals surface area contributed by atoms with Crippen LogP contribution in [0.4, 0.5) is 0 Å². The highest BCUT2D eigenvalue weighted by atomic mass is 15.1. The Morgan fingerprint density at radius 1 is 1.22 bits per heavy atom. The summed E-state index contributed by atoms with van der Waals surface area (Å²) in [6.07, 6.45) is 10.4. The molecule has 2 aromatic rings. The van der Waals surface area contributed by atoms with Crippen molar-refractivity contribution >= 4 is 0 Å². The summed E-state index contributed by atoms with van der Waals surface area (Å²) in [6.45, 7) is 6.17. The third kappa shape index (κ3) is 2.98. The highest BCUT2D eigenvalue weighted by Crippen LogP contribution is 2.18. The second kappa shape index (κ2) is 5.82. The van der Waals surface area contributed by atoms with Gasteiger partial charge in [0.2, 0.25) is 0 Å². The maximum Gasteiger partial charge on any atom is 0.0948 e. The quantitative estimate of drug-likeness (QED) is 0.847. The molecule has 18 heavy (non-hydrogen) atoms. The van der Waals surface area contributed by atoms with Crippen LogP contribution in [0.25, 0.3) is 0 Å². The van der Waals surface area contributed by atoms with Crippen molar-refractivity contribution in [2.75, 3.05) is 0 Å². The molecule has 1 unspecified atom stereocenters. The summed E-state index contributed by atoms with van der Waals surface area (Å²) in [7, 11) is 0. The average Bonchev–Trinajstić information content (AvgIpc) is 2.98. The first-order valence-electron chi connectivity index (χ1n) is 6.40. The summed E-state index contributed by atoms with van der Waals surface area (Å²) in [5, 5.41) is 0. The van der Waals surface area contributed by atoms with E-state index in [1.54, 1.807) is 6.20 Å². The molecule has 0 radical (unpaired) electrons. The molecule has 1 atom stereocenters. The van der Waals surface area contributed by atoms with Gasteiger partial charge in [-0.2, -0.15) is 0 Å². The van der Waals surface area contributed by atoms with E-state index in [1.807, 2.05) is 25.0 Å². The number of aromatic nitrogens is 4. The van der Waals surface area contributed by atoms with E-state index < -0.39 is 0 Å². The summed E-state index contributed by atoms with van der Waals surface area (Å²) >= 11 is 0. The minimum Gasteiger partial charge on any atom is -0.337 e. The van der Waals surface area contributed by atoms with Crippen LogP contribution < -0.4 is 5.73 Å². The van der Waals surface area contributed by atoms with Crippen LogP contribution in [-0.2, 0) is 13.1 Å². The van der Waals surface area contributed by atoms with Gasteiger partial charge in [-0.05, 0) is 12.3 Å². The number of nitrogens with two attached hydrogens (primary N) is 1. The predicted molar refractivity (Wildman–Crippen MR) is 70.8 cm³/mol. The highest BCUT2D eigenvalue weighted by molar-refractivity contribution is 5.05. The molecule has 2 rings (SSSR count). The first-order valence-corrected chi connectivity index (χ1v) is 6.40. The molecule has 0 spiro atoms. The highest BCUT2D eigenvalue weighted by Gasteiger charge is 2.14. The molecule has 5 heteroatoms. The fourth-order valence-electron chi connectivity index (χ4n) is 1.98. The van der Waals surface area contributed by atoms with Gasteiger partial charge < -0.3 is 14.9 Å². The Morgan fingerprint density at radius 2 is 2.06 bits per heavy atom. The van der Waals surface area contributed by atoms with Gasteiger partial charge in [0.05, 0.1) is 18.3 Å². The van der Waals surface area contributed by atoms with Crippen molar-refractivity contribution in [3.05, 3.63) is 36.9 Å². The fraction of sp³-hybridized carbons (Fsp3) is 0.538. The Kier molecular flexibility index (Phi) is 4.15. The molecule has 0 fully saturated rings. The zero-order valence-corrected chi connectivity index (χ0v) is 11.0. The topological polar surface area (TPSA) is 61.7 Å². The van der Waals surface area contributed by atoms with E-state index in [1.165, 1.54) is 0 Å². The molecule has 2 heterocycles. The number of nitrogens with zero attached hydrogens (tertiary/aromatic N) is 4. The predicted octanol–water partition coefficient (Wildman–Crippen LogP) is 1.83. The van der Waals surface area contributed by atoms with Crippen LogP contribution in [0.2, 0.25) is 0 Å². The molecular formula is C13H21N5. The van der Waals surface area contributed by atoms with Crippen molar-refractivity contribution in [1.82, 2.24) is 19.1 Å². The maximum atomic E-state index is 6.17. The lowest BCUT2D eigenvalue weighted by molar-refractivity contribution is 0.465. The van der Waals surface area contributed by atoms with Crippen LogP contribution in [0.5, 0.6) is 0 Å².